The third-order valence-electron chi connectivity index (χ3n) is 2.47. The molecule has 1 saturated carbocycles. The van der Waals surface area contributed by atoms with Gasteiger partial charge in [0.15, 0.2) is 0 Å². The Kier molecular flexibility index (Phi) is 2.80. The van der Waals surface area contributed by atoms with E-state index in [1.807, 2.05) is 0 Å². The molecule has 0 spiro atoms. The van der Waals surface area contributed by atoms with Crippen molar-refractivity contribution in [2.75, 3.05) is 5.32 Å². The molecule has 1 unspecified atom stereocenters. The number of hydrogen-bond acceptors (Lipinski definition) is 4. The first kappa shape index (κ1) is 9.89. The number of nitrogens with zero attached hydrogens (tertiary/aromatic N) is 2. The van der Waals surface area contributed by atoms with Crippen LogP contribution in [0.5, 0.6) is 0 Å². The number of aliphatic carboxylic acids is 1. The highest BCUT2D eigenvalue weighted by molar-refractivity contribution is 5.77. The van der Waals surface area contributed by atoms with Crippen LogP contribution in [0.15, 0.2) is 18.7 Å². The first-order valence-electron chi connectivity index (χ1n) is 5.00. The minimum atomic E-state index is -0.814. The van der Waals surface area contributed by atoms with Crippen LogP contribution in [0.4, 0.5) is 5.69 Å². The Morgan fingerprint density at radius 3 is 2.73 bits per heavy atom. The molecule has 1 aromatic heterocycles. The average molecular weight is 207 g/mol. The molecule has 80 valence electrons. The third kappa shape index (κ3) is 2.90. The standard InChI is InChI=1S/C10H13N3O2/c14-10(15)9(3-7-1-2-7)13-8-4-11-6-12-5-8/h4-7,9,13H,1-3H2,(H,14,15). The Morgan fingerprint density at radius 2 is 2.20 bits per heavy atom. The largest absolute Gasteiger partial charge is 0.480 e. The lowest BCUT2D eigenvalue weighted by Gasteiger charge is -2.14. The third-order valence-corrected chi connectivity index (χ3v) is 2.47. The maximum atomic E-state index is 11.0. The van der Waals surface area contributed by atoms with Gasteiger partial charge in [0.2, 0.25) is 0 Å². The van der Waals surface area contributed by atoms with Crippen LogP contribution in [0.3, 0.4) is 0 Å². The molecule has 5 heteroatoms. The second-order valence-electron chi connectivity index (χ2n) is 3.84. The number of carbonyl (C=O) groups is 1. The number of aromatic nitrogens is 2. The van der Waals surface area contributed by atoms with E-state index in [9.17, 15) is 4.79 Å². The number of hydrogen-bond donors (Lipinski definition) is 2. The molecule has 15 heavy (non-hydrogen) atoms. The summed E-state index contributed by atoms with van der Waals surface area (Å²) in [4.78, 5) is 18.6. The Bertz CT molecular complexity index is 338. The van der Waals surface area contributed by atoms with Gasteiger partial charge >= 0.3 is 5.97 Å². The van der Waals surface area contributed by atoms with E-state index in [1.165, 1.54) is 6.33 Å². The number of nitrogens with one attached hydrogen (secondary N) is 1. The predicted octanol–water partition coefficient (Wildman–Crippen LogP) is 1.14. The summed E-state index contributed by atoms with van der Waals surface area (Å²) < 4.78 is 0. The van der Waals surface area contributed by atoms with E-state index in [0.717, 1.165) is 12.8 Å². The zero-order valence-corrected chi connectivity index (χ0v) is 8.26. The molecule has 0 aliphatic heterocycles. The van der Waals surface area contributed by atoms with E-state index >= 15 is 0 Å². The second kappa shape index (κ2) is 4.25. The lowest BCUT2D eigenvalue weighted by atomic mass is 10.1. The number of carboxylic acids is 1. The van der Waals surface area contributed by atoms with Crippen molar-refractivity contribution < 1.29 is 9.90 Å². The zero-order chi connectivity index (χ0) is 10.7. The monoisotopic (exact) mass is 207 g/mol. The molecule has 2 N–H and O–H groups in total. The summed E-state index contributed by atoms with van der Waals surface area (Å²) >= 11 is 0. The Labute approximate surface area is 87.6 Å². The average Bonchev–Trinajstić information content (AvgIpc) is 3.02. The minimum absolute atomic E-state index is 0.525. The molecule has 0 bridgehead atoms. The van der Waals surface area contributed by atoms with Crippen LogP contribution in [-0.4, -0.2) is 27.1 Å². The first-order valence-corrected chi connectivity index (χ1v) is 5.00. The van der Waals surface area contributed by atoms with Crippen LogP contribution in [0.25, 0.3) is 0 Å². The van der Waals surface area contributed by atoms with E-state index < -0.39 is 12.0 Å². The summed E-state index contributed by atoms with van der Waals surface area (Å²) in [6, 6.07) is -0.525. The summed E-state index contributed by atoms with van der Waals surface area (Å²) in [5.41, 5.74) is 0.658. The van der Waals surface area contributed by atoms with Crippen molar-refractivity contribution in [1.29, 1.82) is 0 Å². The van der Waals surface area contributed by atoms with Crippen molar-refractivity contribution in [2.45, 2.75) is 25.3 Å². The van der Waals surface area contributed by atoms with Gasteiger partial charge < -0.3 is 10.4 Å². The van der Waals surface area contributed by atoms with Gasteiger partial charge in [0.05, 0.1) is 18.1 Å². The highest BCUT2D eigenvalue weighted by atomic mass is 16.4. The predicted molar refractivity (Wildman–Crippen MR) is 54.4 cm³/mol. The maximum Gasteiger partial charge on any atom is 0.326 e. The lowest BCUT2D eigenvalue weighted by molar-refractivity contribution is -0.138. The highest BCUT2D eigenvalue weighted by Crippen LogP contribution is 2.34. The van der Waals surface area contributed by atoms with Gasteiger partial charge in [0.25, 0.3) is 0 Å². The summed E-state index contributed by atoms with van der Waals surface area (Å²) in [6.45, 7) is 0. The zero-order valence-electron chi connectivity index (χ0n) is 8.26. The lowest BCUT2D eigenvalue weighted by Crippen LogP contribution is -2.29. The van der Waals surface area contributed by atoms with E-state index in [4.69, 9.17) is 5.11 Å². The van der Waals surface area contributed by atoms with Crippen molar-refractivity contribution >= 4 is 11.7 Å². The van der Waals surface area contributed by atoms with Gasteiger partial charge in [-0.1, -0.05) is 12.8 Å². The normalized spacial score (nSPS) is 17.1. The van der Waals surface area contributed by atoms with Gasteiger partial charge in [-0.25, -0.2) is 14.8 Å². The van der Waals surface area contributed by atoms with Crippen LogP contribution in [0.1, 0.15) is 19.3 Å². The van der Waals surface area contributed by atoms with Crippen molar-refractivity contribution in [3.05, 3.63) is 18.7 Å². The SMILES string of the molecule is O=C(O)C(CC1CC1)Nc1cncnc1. The molecule has 1 atom stereocenters. The summed E-state index contributed by atoms with van der Waals surface area (Å²) in [5, 5.41) is 11.9. The molecule has 1 aliphatic carbocycles. The highest BCUT2D eigenvalue weighted by Gasteiger charge is 2.29. The Balaban J connectivity index is 1.96. The molecule has 0 saturated heterocycles. The quantitative estimate of drug-likeness (QED) is 0.757. The fraction of sp³-hybridized carbons (Fsp3) is 0.500. The number of anilines is 1. The van der Waals surface area contributed by atoms with E-state index in [0.29, 0.717) is 18.0 Å². The van der Waals surface area contributed by atoms with Crippen LogP contribution in [0, 0.1) is 5.92 Å². The molecule has 5 nitrogen and oxygen atoms in total. The van der Waals surface area contributed by atoms with Gasteiger partial charge in [-0.05, 0) is 12.3 Å². The number of rotatable bonds is 5. The van der Waals surface area contributed by atoms with Crippen LogP contribution in [-0.2, 0) is 4.79 Å². The van der Waals surface area contributed by atoms with Gasteiger partial charge in [0.1, 0.15) is 12.4 Å². The van der Waals surface area contributed by atoms with Crippen LogP contribution < -0.4 is 5.32 Å². The molecule has 1 heterocycles. The molecular formula is C10H13N3O2. The Morgan fingerprint density at radius 1 is 1.53 bits per heavy atom. The fourth-order valence-corrected chi connectivity index (χ4v) is 1.48. The topological polar surface area (TPSA) is 75.1 Å². The van der Waals surface area contributed by atoms with Gasteiger partial charge in [-0.2, -0.15) is 0 Å². The van der Waals surface area contributed by atoms with Crippen molar-refractivity contribution in [3.8, 4) is 0 Å². The number of carboxylic acid groups (broad SMARTS) is 1. The molecule has 0 radical (unpaired) electrons. The van der Waals surface area contributed by atoms with Crippen molar-refractivity contribution in [3.63, 3.8) is 0 Å². The fourth-order valence-electron chi connectivity index (χ4n) is 1.48. The first-order chi connectivity index (χ1) is 7.25. The van der Waals surface area contributed by atoms with Crippen molar-refractivity contribution in [1.82, 2.24) is 9.97 Å². The molecular weight excluding hydrogens is 194 g/mol. The molecule has 1 aromatic rings. The summed E-state index contributed by atoms with van der Waals surface area (Å²) in [7, 11) is 0. The van der Waals surface area contributed by atoms with Gasteiger partial charge in [-0.3, -0.25) is 0 Å². The van der Waals surface area contributed by atoms with E-state index in [2.05, 4.69) is 15.3 Å². The van der Waals surface area contributed by atoms with Crippen LogP contribution >= 0.6 is 0 Å². The molecule has 1 fully saturated rings. The van der Waals surface area contributed by atoms with E-state index in [-0.39, 0.29) is 0 Å². The molecule has 0 aromatic carbocycles. The molecule has 0 amide bonds. The summed E-state index contributed by atoms with van der Waals surface area (Å²) in [5.74, 6) is -0.242. The van der Waals surface area contributed by atoms with E-state index in [1.54, 1.807) is 12.4 Å². The van der Waals surface area contributed by atoms with Crippen molar-refractivity contribution in [2.24, 2.45) is 5.92 Å². The Hall–Kier alpha value is -1.65. The van der Waals surface area contributed by atoms with Gasteiger partial charge in [-0.15, -0.1) is 0 Å². The molecule has 2 rings (SSSR count). The molecule has 1 aliphatic rings. The van der Waals surface area contributed by atoms with Gasteiger partial charge in [0, 0.05) is 0 Å². The second-order valence-corrected chi connectivity index (χ2v) is 3.84. The maximum absolute atomic E-state index is 11.0. The summed E-state index contributed by atoms with van der Waals surface area (Å²) in [6.07, 6.45) is 7.56. The van der Waals surface area contributed by atoms with Crippen LogP contribution in [0.2, 0.25) is 0 Å². The minimum Gasteiger partial charge on any atom is -0.480 e. The smallest absolute Gasteiger partial charge is 0.326 e.